The van der Waals surface area contributed by atoms with Crippen molar-refractivity contribution in [2.75, 3.05) is 32.8 Å². The first-order chi connectivity index (χ1) is 16.3. The number of carbonyl (C=O) groups excluding carboxylic acids is 3. The van der Waals surface area contributed by atoms with Crippen molar-refractivity contribution in [1.29, 1.82) is 0 Å². The van der Waals surface area contributed by atoms with Crippen LogP contribution in [0.1, 0.15) is 65.4 Å². The maximum atomic E-state index is 13.2. The highest BCUT2D eigenvalue weighted by Crippen LogP contribution is 2.42. The minimum atomic E-state index is -0.712. The molecule has 2 aromatic rings. The van der Waals surface area contributed by atoms with Crippen molar-refractivity contribution in [3.05, 3.63) is 50.5 Å². The zero-order valence-electron chi connectivity index (χ0n) is 20.4. The number of aliphatic hydroxyl groups excluding tert-OH is 1. The maximum Gasteiger partial charge on any atom is 0.355 e. The molecule has 1 saturated heterocycles. The van der Waals surface area contributed by atoms with Crippen LogP contribution in [0.25, 0.3) is 5.76 Å². The van der Waals surface area contributed by atoms with E-state index in [-0.39, 0.29) is 23.6 Å². The van der Waals surface area contributed by atoms with Gasteiger partial charge in [-0.2, -0.15) is 0 Å². The molecule has 184 valence electrons. The molecule has 34 heavy (non-hydrogen) atoms. The second kappa shape index (κ2) is 11.0. The van der Waals surface area contributed by atoms with Crippen molar-refractivity contribution < 1.29 is 24.2 Å². The third-order valence-corrected chi connectivity index (χ3v) is 7.20. The van der Waals surface area contributed by atoms with E-state index < -0.39 is 23.7 Å². The molecular weight excluding hydrogens is 454 g/mol. The van der Waals surface area contributed by atoms with Crippen molar-refractivity contribution in [2.45, 2.75) is 47.1 Å². The Balaban J connectivity index is 2.05. The fourth-order valence-corrected chi connectivity index (χ4v) is 5.35. The van der Waals surface area contributed by atoms with E-state index in [1.807, 2.05) is 17.5 Å². The van der Waals surface area contributed by atoms with Crippen molar-refractivity contribution in [2.24, 2.45) is 0 Å². The van der Waals surface area contributed by atoms with E-state index in [0.29, 0.717) is 29.8 Å². The summed E-state index contributed by atoms with van der Waals surface area (Å²) in [6.45, 7) is 12.6. The first kappa shape index (κ1) is 25.7. The Hall–Kier alpha value is -2.91. The standard InChI is InChI=1S/C25H33N3O5S/c1-6-27(7-2)12-10-13-28-21(17-11-9-14-34-17)19(23(30)24(28)31)22(29)18-15(4)20(26-16(18)5)25(32)33-8-3/h9,11,14,21,26,29H,6-8,10,12-13H2,1-5H3/b22-19+. The summed E-state index contributed by atoms with van der Waals surface area (Å²) in [6, 6.07) is 3.06. The van der Waals surface area contributed by atoms with Crippen molar-refractivity contribution in [1.82, 2.24) is 14.8 Å². The first-order valence-corrected chi connectivity index (χ1v) is 12.5. The molecule has 2 aromatic heterocycles. The van der Waals surface area contributed by atoms with Gasteiger partial charge < -0.3 is 24.6 Å². The Labute approximate surface area is 204 Å². The summed E-state index contributed by atoms with van der Waals surface area (Å²) in [5.41, 5.74) is 1.63. The summed E-state index contributed by atoms with van der Waals surface area (Å²) in [6.07, 6.45) is 0.714. The van der Waals surface area contributed by atoms with Crippen LogP contribution in [0.15, 0.2) is 23.1 Å². The number of ketones is 1. The van der Waals surface area contributed by atoms with Gasteiger partial charge in [0.2, 0.25) is 0 Å². The Morgan fingerprint density at radius 1 is 1.24 bits per heavy atom. The van der Waals surface area contributed by atoms with E-state index in [2.05, 4.69) is 23.7 Å². The fraction of sp³-hybridized carbons (Fsp3) is 0.480. The number of nitrogens with zero attached hydrogens (tertiary/aromatic N) is 2. The van der Waals surface area contributed by atoms with Gasteiger partial charge in [0.15, 0.2) is 0 Å². The number of hydrogen-bond donors (Lipinski definition) is 2. The molecule has 0 saturated carbocycles. The van der Waals surface area contributed by atoms with Gasteiger partial charge >= 0.3 is 5.97 Å². The topological polar surface area (TPSA) is 103 Å². The summed E-state index contributed by atoms with van der Waals surface area (Å²) < 4.78 is 5.10. The van der Waals surface area contributed by atoms with Crippen LogP contribution in [-0.4, -0.2) is 70.3 Å². The van der Waals surface area contributed by atoms with Gasteiger partial charge in [0.05, 0.1) is 18.2 Å². The van der Waals surface area contributed by atoms with Gasteiger partial charge in [-0.25, -0.2) is 4.79 Å². The molecule has 1 aliphatic heterocycles. The predicted molar refractivity (Wildman–Crippen MR) is 132 cm³/mol. The lowest BCUT2D eigenvalue weighted by molar-refractivity contribution is -0.139. The molecule has 0 aliphatic carbocycles. The van der Waals surface area contributed by atoms with Crippen molar-refractivity contribution >= 4 is 34.8 Å². The van der Waals surface area contributed by atoms with Crippen LogP contribution >= 0.6 is 11.3 Å². The number of Topliss-reactive ketones (excluding diaryl/α,β-unsaturated/α-hetero) is 1. The molecule has 1 aliphatic rings. The van der Waals surface area contributed by atoms with Crippen LogP contribution in [0.4, 0.5) is 0 Å². The summed E-state index contributed by atoms with van der Waals surface area (Å²) in [5.74, 6) is -2.13. The Morgan fingerprint density at radius 2 is 1.94 bits per heavy atom. The normalized spacial score (nSPS) is 17.7. The number of H-pyrrole nitrogens is 1. The molecule has 0 radical (unpaired) electrons. The zero-order chi connectivity index (χ0) is 25.0. The van der Waals surface area contributed by atoms with Crippen molar-refractivity contribution in [3.8, 4) is 0 Å². The summed E-state index contributed by atoms with van der Waals surface area (Å²) >= 11 is 1.43. The number of aromatic amines is 1. The molecular formula is C25H33N3O5S. The molecule has 8 nitrogen and oxygen atoms in total. The highest BCUT2D eigenvalue weighted by Gasteiger charge is 2.46. The lowest BCUT2D eigenvalue weighted by atomic mass is 9.97. The molecule has 0 aromatic carbocycles. The minimum Gasteiger partial charge on any atom is -0.507 e. The number of aryl methyl sites for hydroxylation is 1. The largest absolute Gasteiger partial charge is 0.507 e. The lowest BCUT2D eigenvalue weighted by Crippen LogP contribution is -2.33. The summed E-state index contributed by atoms with van der Waals surface area (Å²) in [4.78, 5) is 46.2. The number of amides is 1. The van der Waals surface area contributed by atoms with Crippen LogP contribution < -0.4 is 0 Å². The second-order valence-electron chi connectivity index (χ2n) is 8.23. The number of rotatable bonds is 10. The smallest absolute Gasteiger partial charge is 0.355 e. The molecule has 0 spiro atoms. The van der Waals surface area contributed by atoms with Crippen LogP contribution in [-0.2, 0) is 14.3 Å². The molecule has 1 unspecified atom stereocenters. The molecule has 3 rings (SSSR count). The van der Waals surface area contributed by atoms with Gasteiger partial charge in [0.25, 0.3) is 11.7 Å². The third-order valence-electron chi connectivity index (χ3n) is 6.27. The van der Waals surface area contributed by atoms with Crippen LogP contribution in [0.3, 0.4) is 0 Å². The number of aliphatic hydroxyl groups is 1. The van der Waals surface area contributed by atoms with Crippen LogP contribution in [0.5, 0.6) is 0 Å². The average Bonchev–Trinajstić information content (AvgIpc) is 3.50. The minimum absolute atomic E-state index is 0.0518. The van der Waals surface area contributed by atoms with Crippen molar-refractivity contribution in [3.63, 3.8) is 0 Å². The zero-order valence-corrected chi connectivity index (χ0v) is 21.3. The maximum absolute atomic E-state index is 13.2. The Bertz CT molecular complexity index is 1080. The monoisotopic (exact) mass is 487 g/mol. The van der Waals surface area contributed by atoms with E-state index in [0.717, 1.165) is 24.5 Å². The van der Waals surface area contributed by atoms with Gasteiger partial charge in [-0.3, -0.25) is 9.59 Å². The average molecular weight is 488 g/mol. The van der Waals surface area contributed by atoms with E-state index in [9.17, 15) is 19.5 Å². The van der Waals surface area contributed by atoms with E-state index in [1.54, 1.807) is 25.7 Å². The molecule has 1 amide bonds. The predicted octanol–water partition coefficient (Wildman–Crippen LogP) is 4.02. The summed E-state index contributed by atoms with van der Waals surface area (Å²) in [5, 5.41) is 13.3. The SMILES string of the molecule is CCOC(=O)c1[nH]c(C)c(/C(O)=C2\C(=O)C(=O)N(CCCN(CC)CC)C2c2cccs2)c1C. The fourth-order valence-electron chi connectivity index (χ4n) is 4.51. The first-order valence-electron chi connectivity index (χ1n) is 11.7. The molecule has 3 heterocycles. The van der Waals surface area contributed by atoms with E-state index >= 15 is 0 Å². The highest BCUT2D eigenvalue weighted by atomic mass is 32.1. The van der Waals surface area contributed by atoms with Gasteiger partial charge in [0.1, 0.15) is 11.5 Å². The van der Waals surface area contributed by atoms with E-state index in [4.69, 9.17) is 4.74 Å². The molecule has 0 bridgehead atoms. The Kier molecular flexibility index (Phi) is 8.33. The van der Waals surface area contributed by atoms with Gasteiger partial charge in [-0.1, -0.05) is 19.9 Å². The summed E-state index contributed by atoms with van der Waals surface area (Å²) in [7, 11) is 0. The van der Waals surface area contributed by atoms with Gasteiger partial charge in [-0.05, 0) is 63.8 Å². The van der Waals surface area contributed by atoms with Crippen LogP contribution in [0, 0.1) is 13.8 Å². The number of esters is 1. The molecule has 1 fully saturated rings. The second-order valence-corrected chi connectivity index (χ2v) is 9.21. The Morgan fingerprint density at radius 3 is 2.53 bits per heavy atom. The molecule has 1 atom stereocenters. The van der Waals surface area contributed by atoms with Gasteiger partial charge in [-0.15, -0.1) is 11.3 Å². The highest BCUT2D eigenvalue weighted by molar-refractivity contribution is 7.10. The quantitative estimate of drug-likeness (QED) is 0.227. The number of aromatic nitrogens is 1. The molecule has 2 N–H and O–H groups in total. The lowest BCUT2D eigenvalue weighted by Gasteiger charge is -2.25. The number of ether oxygens (including phenoxy) is 1. The number of likely N-dealkylation sites (tertiary alicyclic amines) is 1. The molecule has 9 heteroatoms. The number of nitrogens with one attached hydrogen (secondary N) is 1. The number of hydrogen-bond acceptors (Lipinski definition) is 7. The number of carbonyl (C=O) groups is 3. The van der Waals surface area contributed by atoms with E-state index in [1.165, 1.54) is 11.3 Å². The number of thiophene rings is 1. The third kappa shape index (κ3) is 4.81. The van der Waals surface area contributed by atoms with Gasteiger partial charge in [0, 0.05) is 22.7 Å². The van der Waals surface area contributed by atoms with Crippen LogP contribution in [0.2, 0.25) is 0 Å².